The molecule has 0 bridgehead atoms. The molecular formula is C11H7BrClN3. The van der Waals surface area contributed by atoms with E-state index < -0.39 is 0 Å². The van der Waals surface area contributed by atoms with Crippen LogP contribution in [0.5, 0.6) is 0 Å². The Bertz CT molecular complexity index is 583. The topological polar surface area (TPSA) is 41.6 Å². The van der Waals surface area contributed by atoms with E-state index in [9.17, 15) is 0 Å². The van der Waals surface area contributed by atoms with Crippen molar-refractivity contribution in [1.29, 1.82) is 5.26 Å². The molecule has 1 aromatic heterocycles. The smallest absolute Gasteiger partial charge is 0.166 e. The molecule has 0 radical (unpaired) electrons. The summed E-state index contributed by atoms with van der Waals surface area (Å²) in [5.74, 6) is 0.683. The summed E-state index contributed by atoms with van der Waals surface area (Å²) in [6.07, 6.45) is 0. The first-order valence-corrected chi connectivity index (χ1v) is 5.69. The summed E-state index contributed by atoms with van der Waals surface area (Å²) in [6, 6.07) is 9.72. The lowest BCUT2D eigenvalue weighted by atomic mass is 10.2. The fraction of sp³-hybridized carbons (Fsp3) is 0.0909. The largest absolute Gasteiger partial charge is 0.318 e. The fourth-order valence-corrected chi connectivity index (χ4v) is 2.12. The van der Waals surface area contributed by atoms with Crippen molar-refractivity contribution in [3.63, 3.8) is 0 Å². The van der Waals surface area contributed by atoms with Gasteiger partial charge in [-0.3, -0.25) is 0 Å². The minimum Gasteiger partial charge on any atom is -0.318 e. The zero-order valence-electron chi connectivity index (χ0n) is 8.41. The minimum atomic E-state index is 0.236. The van der Waals surface area contributed by atoms with Crippen molar-refractivity contribution in [3.8, 4) is 17.5 Å². The van der Waals surface area contributed by atoms with Crippen LogP contribution in [-0.2, 0) is 7.05 Å². The van der Waals surface area contributed by atoms with Crippen molar-refractivity contribution < 1.29 is 0 Å². The van der Waals surface area contributed by atoms with Crippen molar-refractivity contribution in [2.75, 3.05) is 0 Å². The molecule has 0 spiro atoms. The second kappa shape index (κ2) is 4.28. The Labute approximate surface area is 106 Å². The van der Waals surface area contributed by atoms with Crippen LogP contribution in [0.2, 0.25) is 5.15 Å². The first-order chi connectivity index (χ1) is 7.63. The Hall–Kier alpha value is -1.31. The maximum atomic E-state index is 8.91. The van der Waals surface area contributed by atoms with E-state index in [0.717, 1.165) is 10.0 Å². The summed E-state index contributed by atoms with van der Waals surface area (Å²) in [5, 5.41) is 9.15. The third-order valence-corrected chi connectivity index (χ3v) is 3.00. The van der Waals surface area contributed by atoms with Gasteiger partial charge in [-0.1, -0.05) is 39.7 Å². The second-order valence-electron chi connectivity index (χ2n) is 3.26. The number of benzene rings is 1. The molecule has 3 nitrogen and oxygen atoms in total. The number of aromatic nitrogens is 2. The Morgan fingerprint density at radius 2 is 2.25 bits per heavy atom. The monoisotopic (exact) mass is 295 g/mol. The van der Waals surface area contributed by atoms with Crippen molar-refractivity contribution in [3.05, 3.63) is 39.6 Å². The molecule has 80 valence electrons. The van der Waals surface area contributed by atoms with Crippen LogP contribution in [0.3, 0.4) is 0 Å². The zero-order valence-corrected chi connectivity index (χ0v) is 10.7. The van der Waals surface area contributed by atoms with E-state index in [0.29, 0.717) is 11.5 Å². The molecule has 2 rings (SSSR count). The molecule has 1 aromatic carbocycles. The predicted octanol–water partition coefficient (Wildman–Crippen LogP) is 3.37. The van der Waals surface area contributed by atoms with Gasteiger partial charge in [-0.05, 0) is 12.1 Å². The average molecular weight is 297 g/mol. The van der Waals surface area contributed by atoms with Gasteiger partial charge in [0.1, 0.15) is 11.9 Å². The lowest BCUT2D eigenvalue weighted by Crippen LogP contribution is -1.95. The summed E-state index contributed by atoms with van der Waals surface area (Å²) < 4.78 is 2.65. The van der Waals surface area contributed by atoms with E-state index in [1.54, 1.807) is 11.6 Å². The van der Waals surface area contributed by atoms with E-state index in [-0.39, 0.29) is 5.15 Å². The number of imidazole rings is 1. The average Bonchev–Trinajstić information content (AvgIpc) is 2.54. The summed E-state index contributed by atoms with van der Waals surface area (Å²) in [6.45, 7) is 0. The number of hydrogen-bond acceptors (Lipinski definition) is 2. The highest BCUT2D eigenvalue weighted by Gasteiger charge is 2.13. The standard InChI is InChI=1S/C11H7BrClN3/c1-16-9(6-14)10(13)15-11(16)7-3-2-4-8(12)5-7/h2-5H,1H3. The molecule has 0 saturated heterocycles. The number of rotatable bonds is 1. The van der Waals surface area contributed by atoms with E-state index in [2.05, 4.69) is 20.9 Å². The van der Waals surface area contributed by atoms with Crippen LogP contribution in [-0.4, -0.2) is 9.55 Å². The van der Waals surface area contributed by atoms with Gasteiger partial charge >= 0.3 is 0 Å². The molecule has 0 saturated carbocycles. The minimum absolute atomic E-state index is 0.236. The van der Waals surface area contributed by atoms with Gasteiger partial charge < -0.3 is 4.57 Å². The van der Waals surface area contributed by atoms with Crippen molar-refractivity contribution in [2.24, 2.45) is 7.05 Å². The van der Waals surface area contributed by atoms with E-state index >= 15 is 0 Å². The lowest BCUT2D eigenvalue weighted by molar-refractivity contribution is 0.907. The van der Waals surface area contributed by atoms with Crippen LogP contribution in [0.1, 0.15) is 5.69 Å². The van der Waals surface area contributed by atoms with E-state index in [4.69, 9.17) is 16.9 Å². The van der Waals surface area contributed by atoms with Crippen LogP contribution in [0.4, 0.5) is 0 Å². The molecule has 16 heavy (non-hydrogen) atoms. The van der Waals surface area contributed by atoms with Crippen LogP contribution in [0.15, 0.2) is 28.7 Å². The third-order valence-electron chi connectivity index (χ3n) is 2.24. The van der Waals surface area contributed by atoms with Gasteiger partial charge in [0, 0.05) is 17.1 Å². The SMILES string of the molecule is Cn1c(-c2cccc(Br)c2)nc(Cl)c1C#N. The van der Waals surface area contributed by atoms with Gasteiger partial charge in [0.15, 0.2) is 10.8 Å². The summed E-state index contributed by atoms with van der Waals surface area (Å²) in [7, 11) is 1.77. The second-order valence-corrected chi connectivity index (χ2v) is 4.53. The molecular weight excluding hydrogens is 289 g/mol. The summed E-state index contributed by atoms with van der Waals surface area (Å²) in [5.41, 5.74) is 1.29. The molecule has 0 aliphatic heterocycles. The van der Waals surface area contributed by atoms with Gasteiger partial charge in [-0.2, -0.15) is 5.26 Å². The molecule has 0 fully saturated rings. The molecule has 0 amide bonds. The number of nitrogens with zero attached hydrogens (tertiary/aromatic N) is 3. The highest BCUT2D eigenvalue weighted by atomic mass is 79.9. The van der Waals surface area contributed by atoms with Crippen LogP contribution < -0.4 is 0 Å². The van der Waals surface area contributed by atoms with Gasteiger partial charge in [0.25, 0.3) is 0 Å². The third kappa shape index (κ3) is 1.84. The summed E-state index contributed by atoms with van der Waals surface area (Å²) >= 11 is 9.27. The first kappa shape index (κ1) is 11.2. The predicted molar refractivity (Wildman–Crippen MR) is 66.1 cm³/mol. The van der Waals surface area contributed by atoms with Gasteiger partial charge in [-0.15, -0.1) is 0 Å². The Morgan fingerprint density at radius 1 is 1.50 bits per heavy atom. The molecule has 0 unspecified atom stereocenters. The van der Waals surface area contributed by atoms with Gasteiger partial charge in [-0.25, -0.2) is 4.98 Å². The number of hydrogen-bond donors (Lipinski definition) is 0. The molecule has 1 heterocycles. The van der Waals surface area contributed by atoms with E-state index in [1.165, 1.54) is 0 Å². The number of nitriles is 1. The highest BCUT2D eigenvalue weighted by molar-refractivity contribution is 9.10. The summed E-state index contributed by atoms with van der Waals surface area (Å²) in [4.78, 5) is 4.18. The maximum Gasteiger partial charge on any atom is 0.166 e. The molecule has 2 aromatic rings. The molecule has 0 N–H and O–H groups in total. The highest BCUT2D eigenvalue weighted by Crippen LogP contribution is 2.25. The molecule has 0 aliphatic rings. The van der Waals surface area contributed by atoms with Gasteiger partial charge in [0.05, 0.1) is 0 Å². The van der Waals surface area contributed by atoms with Crippen molar-refractivity contribution >= 4 is 27.5 Å². The number of halogens is 2. The molecule has 0 atom stereocenters. The van der Waals surface area contributed by atoms with Crippen LogP contribution in [0.25, 0.3) is 11.4 Å². The fourth-order valence-electron chi connectivity index (χ4n) is 1.47. The first-order valence-electron chi connectivity index (χ1n) is 4.51. The Morgan fingerprint density at radius 3 is 2.81 bits per heavy atom. The Kier molecular flexibility index (Phi) is 2.99. The molecule has 0 aliphatic carbocycles. The maximum absolute atomic E-state index is 8.91. The van der Waals surface area contributed by atoms with E-state index in [1.807, 2.05) is 30.3 Å². The van der Waals surface area contributed by atoms with Crippen molar-refractivity contribution in [1.82, 2.24) is 9.55 Å². The Balaban J connectivity index is 2.62. The van der Waals surface area contributed by atoms with Gasteiger partial charge in [0.2, 0.25) is 0 Å². The van der Waals surface area contributed by atoms with Crippen LogP contribution >= 0.6 is 27.5 Å². The zero-order chi connectivity index (χ0) is 11.7. The normalized spacial score (nSPS) is 10.1. The lowest BCUT2D eigenvalue weighted by Gasteiger charge is -2.02. The molecule has 5 heteroatoms. The van der Waals surface area contributed by atoms with Crippen molar-refractivity contribution in [2.45, 2.75) is 0 Å². The quantitative estimate of drug-likeness (QED) is 0.809. The van der Waals surface area contributed by atoms with Crippen LogP contribution in [0, 0.1) is 11.3 Å².